The summed E-state index contributed by atoms with van der Waals surface area (Å²) < 4.78 is 5.99. The second-order valence-corrected chi connectivity index (χ2v) is 6.76. The van der Waals surface area contributed by atoms with Gasteiger partial charge in [-0.15, -0.1) is 0 Å². The van der Waals surface area contributed by atoms with Gasteiger partial charge in [-0.2, -0.15) is 4.98 Å². The summed E-state index contributed by atoms with van der Waals surface area (Å²) in [4.78, 5) is 23.0. The van der Waals surface area contributed by atoms with Crippen molar-refractivity contribution in [2.24, 2.45) is 0 Å². The first-order valence-electron chi connectivity index (χ1n) is 8.82. The first kappa shape index (κ1) is 17.4. The van der Waals surface area contributed by atoms with E-state index < -0.39 is 0 Å². The third-order valence-corrected chi connectivity index (χ3v) is 4.46. The summed E-state index contributed by atoms with van der Waals surface area (Å²) in [5.41, 5.74) is 3.18. The molecule has 0 saturated carbocycles. The van der Waals surface area contributed by atoms with Gasteiger partial charge in [0, 0.05) is 37.7 Å². The van der Waals surface area contributed by atoms with Crippen molar-refractivity contribution in [2.45, 2.75) is 46.1 Å². The smallest absolute Gasteiger partial charge is 0.226 e. The van der Waals surface area contributed by atoms with Crippen LogP contribution in [0.2, 0.25) is 0 Å². The van der Waals surface area contributed by atoms with E-state index in [4.69, 9.17) is 4.74 Å². The molecule has 1 fully saturated rings. The van der Waals surface area contributed by atoms with E-state index in [1.54, 1.807) is 0 Å². The largest absolute Gasteiger partial charge is 0.474 e. The van der Waals surface area contributed by atoms with Gasteiger partial charge < -0.3 is 9.64 Å². The third kappa shape index (κ3) is 4.78. The summed E-state index contributed by atoms with van der Waals surface area (Å²) in [6.45, 7) is 7.32. The van der Waals surface area contributed by atoms with E-state index in [0.29, 0.717) is 12.3 Å². The number of hydrogen-bond acceptors (Lipinski definition) is 4. The summed E-state index contributed by atoms with van der Waals surface area (Å²) in [6, 6.07) is 10.0. The maximum absolute atomic E-state index is 12.5. The summed E-state index contributed by atoms with van der Waals surface area (Å²) >= 11 is 0. The standard InChI is InChI=1S/C20H25N3O2/c1-14-5-4-6-17(11-14)13-20(24)23-9-7-18(8-10-23)25-19-12-15(2)21-16(3)22-19/h4-6,11-12,18H,7-10,13H2,1-3H3. The summed E-state index contributed by atoms with van der Waals surface area (Å²) in [6.07, 6.45) is 2.25. The molecule has 1 aliphatic heterocycles. The van der Waals surface area contributed by atoms with Gasteiger partial charge in [-0.1, -0.05) is 29.8 Å². The topological polar surface area (TPSA) is 55.3 Å². The van der Waals surface area contributed by atoms with Gasteiger partial charge in [-0.25, -0.2) is 4.98 Å². The number of benzene rings is 1. The van der Waals surface area contributed by atoms with E-state index in [1.807, 2.05) is 49.9 Å². The Kier molecular flexibility index (Phi) is 5.31. The van der Waals surface area contributed by atoms with Crippen LogP contribution in [0.5, 0.6) is 5.88 Å². The Morgan fingerprint density at radius 2 is 1.92 bits per heavy atom. The summed E-state index contributed by atoms with van der Waals surface area (Å²) in [7, 11) is 0. The number of rotatable bonds is 4. The molecule has 1 aliphatic rings. The monoisotopic (exact) mass is 339 g/mol. The molecule has 1 saturated heterocycles. The van der Waals surface area contributed by atoms with Crippen LogP contribution in [0.25, 0.3) is 0 Å². The molecule has 0 aliphatic carbocycles. The van der Waals surface area contributed by atoms with Crippen LogP contribution >= 0.6 is 0 Å². The van der Waals surface area contributed by atoms with E-state index in [1.165, 1.54) is 5.56 Å². The molecular formula is C20H25N3O2. The van der Waals surface area contributed by atoms with Crippen molar-refractivity contribution in [2.75, 3.05) is 13.1 Å². The minimum Gasteiger partial charge on any atom is -0.474 e. The van der Waals surface area contributed by atoms with Gasteiger partial charge in [0.2, 0.25) is 11.8 Å². The molecule has 1 amide bonds. The van der Waals surface area contributed by atoms with Crippen molar-refractivity contribution in [3.63, 3.8) is 0 Å². The third-order valence-electron chi connectivity index (χ3n) is 4.46. The van der Waals surface area contributed by atoms with Gasteiger partial charge in [-0.05, 0) is 26.3 Å². The lowest BCUT2D eigenvalue weighted by atomic mass is 10.0. The van der Waals surface area contributed by atoms with Crippen LogP contribution in [0.1, 0.15) is 35.5 Å². The molecule has 25 heavy (non-hydrogen) atoms. The predicted molar refractivity (Wildman–Crippen MR) is 96.6 cm³/mol. The van der Waals surface area contributed by atoms with Crippen LogP contribution in [0.4, 0.5) is 0 Å². The normalized spacial score (nSPS) is 15.2. The number of amides is 1. The van der Waals surface area contributed by atoms with Crippen molar-refractivity contribution < 1.29 is 9.53 Å². The zero-order chi connectivity index (χ0) is 17.8. The zero-order valence-corrected chi connectivity index (χ0v) is 15.2. The Hall–Kier alpha value is -2.43. The Balaban J connectivity index is 1.52. The van der Waals surface area contributed by atoms with Crippen LogP contribution in [0, 0.1) is 20.8 Å². The quantitative estimate of drug-likeness (QED) is 0.859. The van der Waals surface area contributed by atoms with Crippen LogP contribution in [0.15, 0.2) is 30.3 Å². The van der Waals surface area contributed by atoms with Gasteiger partial charge in [0.15, 0.2) is 0 Å². The van der Waals surface area contributed by atoms with Crippen molar-refractivity contribution in [1.82, 2.24) is 14.9 Å². The van der Waals surface area contributed by atoms with Gasteiger partial charge in [0.25, 0.3) is 0 Å². The molecular weight excluding hydrogens is 314 g/mol. The average Bonchev–Trinajstić information content (AvgIpc) is 2.54. The van der Waals surface area contributed by atoms with E-state index >= 15 is 0 Å². The number of hydrogen-bond donors (Lipinski definition) is 0. The molecule has 0 N–H and O–H groups in total. The fraction of sp³-hybridized carbons (Fsp3) is 0.450. The maximum Gasteiger partial charge on any atom is 0.226 e. The lowest BCUT2D eigenvalue weighted by molar-refractivity contribution is -0.132. The molecule has 3 rings (SSSR count). The first-order chi connectivity index (χ1) is 12.0. The van der Waals surface area contributed by atoms with Crippen molar-refractivity contribution >= 4 is 5.91 Å². The van der Waals surface area contributed by atoms with E-state index in [0.717, 1.165) is 43.0 Å². The van der Waals surface area contributed by atoms with Crippen molar-refractivity contribution in [3.8, 4) is 5.88 Å². The molecule has 5 heteroatoms. The van der Waals surface area contributed by atoms with Crippen LogP contribution in [-0.2, 0) is 11.2 Å². The Morgan fingerprint density at radius 1 is 1.16 bits per heavy atom. The van der Waals surface area contributed by atoms with E-state index in [2.05, 4.69) is 16.0 Å². The molecule has 2 aromatic rings. The fourth-order valence-electron chi connectivity index (χ4n) is 3.25. The van der Waals surface area contributed by atoms with Crippen molar-refractivity contribution in [1.29, 1.82) is 0 Å². The van der Waals surface area contributed by atoms with Crippen LogP contribution < -0.4 is 4.74 Å². The molecule has 0 atom stereocenters. The number of ether oxygens (including phenoxy) is 1. The zero-order valence-electron chi connectivity index (χ0n) is 15.2. The number of aryl methyl sites for hydroxylation is 3. The highest BCUT2D eigenvalue weighted by Crippen LogP contribution is 2.19. The first-order valence-corrected chi connectivity index (χ1v) is 8.82. The van der Waals surface area contributed by atoms with Crippen molar-refractivity contribution in [3.05, 3.63) is 53.0 Å². The predicted octanol–water partition coefficient (Wildman–Crippen LogP) is 3.01. The number of piperidine rings is 1. The van der Waals surface area contributed by atoms with Gasteiger partial charge in [0.1, 0.15) is 11.9 Å². The molecule has 2 heterocycles. The lowest BCUT2D eigenvalue weighted by Crippen LogP contribution is -2.42. The molecule has 1 aromatic heterocycles. The van der Waals surface area contributed by atoms with E-state index in [9.17, 15) is 4.79 Å². The number of likely N-dealkylation sites (tertiary alicyclic amines) is 1. The lowest BCUT2D eigenvalue weighted by Gasteiger charge is -2.32. The Bertz CT molecular complexity index is 732. The number of aromatic nitrogens is 2. The van der Waals surface area contributed by atoms with Crippen LogP contribution in [-0.4, -0.2) is 40.0 Å². The van der Waals surface area contributed by atoms with Gasteiger partial charge in [0.05, 0.1) is 6.42 Å². The summed E-state index contributed by atoms with van der Waals surface area (Å²) in [5.74, 6) is 1.55. The number of carbonyl (C=O) groups excluding carboxylic acids is 1. The summed E-state index contributed by atoms with van der Waals surface area (Å²) in [5, 5.41) is 0. The SMILES string of the molecule is Cc1cccc(CC(=O)N2CCC(Oc3cc(C)nc(C)n3)CC2)c1. The second-order valence-electron chi connectivity index (χ2n) is 6.76. The highest BCUT2D eigenvalue weighted by molar-refractivity contribution is 5.78. The van der Waals surface area contributed by atoms with E-state index in [-0.39, 0.29) is 12.0 Å². The molecule has 0 bridgehead atoms. The number of nitrogens with zero attached hydrogens (tertiary/aromatic N) is 3. The number of carbonyl (C=O) groups is 1. The fourth-order valence-corrected chi connectivity index (χ4v) is 3.25. The molecule has 0 unspecified atom stereocenters. The highest BCUT2D eigenvalue weighted by atomic mass is 16.5. The Morgan fingerprint density at radius 3 is 2.60 bits per heavy atom. The Labute approximate surface area is 149 Å². The minimum absolute atomic E-state index is 0.108. The molecule has 132 valence electrons. The average molecular weight is 339 g/mol. The molecule has 5 nitrogen and oxygen atoms in total. The minimum atomic E-state index is 0.108. The molecule has 0 radical (unpaired) electrons. The van der Waals surface area contributed by atoms with Gasteiger partial charge in [-0.3, -0.25) is 4.79 Å². The highest BCUT2D eigenvalue weighted by Gasteiger charge is 2.24. The van der Waals surface area contributed by atoms with Gasteiger partial charge >= 0.3 is 0 Å². The molecule has 0 spiro atoms. The second kappa shape index (κ2) is 7.64. The maximum atomic E-state index is 12.5. The molecule has 1 aromatic carbocycles. The van der Waals surface area contributed by atoms with Crippen LogP contribution in [0.3, 0.4) is 0 Å².